The monoisotopic (exact) mass is 297 g/mol. The summed E-state index contributed by atoms with van der Waals surface area (Å²) < 4.78 is 27.7. The summed E-state index contributed by atoms with van der Waals surface area (Å²) >= 11 is 0. The van der Waals surface area contributed by atoms with Gasteiger partial charge >= 0.3 is 0 Å². The van der Waals surface area contributed by atoms with Gasteiger partial charge in [0.15, 0.2) is 0 Å². The van der Waals surface area contributed by atoms with E-state index in [-0.39, 0.29) is 5.41 Å². The van der Waals surface area contributed by atoms with Crippen molar-refractivity contribution in [1.82, 2.24) is 4.72 Å². The van der Waals surface area contributed by atoms with Crippen LogP contribution in [-0.4, -0.2) is 14.0 Å². The van der Waals surface area contributed by atoms with Crippen LogP contribution in [0.15, 0.2) is 29.2 Å². The minimum absolute atomic E-state index is 0.189. The van der Waals surface area contributed by atoms with E-state index < -0.39 is 15.6 Å². The molecule has 0 saturated heterocycles. The lowest BCUT2D eigenvalue weighted by Gasteiger charge is -2.23. The van der Waals surface area contributed by atoms with Gasteiger partial charge in [-0.25, -0.2) is 13.1 Å². The van der Waals surface area contributed by atoms with Crippen molar-refractivity contribution in [2.75, 3.05) is 0 Å². The zero-order chi connectivity index (χ0) is 15.6. The molecule has 1 rings (SSSR count). The van der Waals surface area contributed by atoms with Gasteiger partial charge in [0, 0.05) is 5.54 Å². The zero-order valence-electron chi connectivity index (χ0n) is 13.4. The van der Waals surface area contributed by atoms with Crippen molar-refractivity contribution in [3.8, 4) is 0 Å². The van der Waals surface area contributed by atoms with Gasteiger partial charge in [-0.05, 0) is 50.7 Å². The van der Waals surface area contributed by atoms with E-state index in [1.54, 1.807) is 12.1 Å². The minimum Gasteiger partial charge on any atom is -0.207 e. The van der Waals surface area contributed by atoms with E-state index in [1.165, 1.54) is 0 Å². The fourth-order valence-corrected chi connectivity index (χ4v) is 3.63. The normalized spacial score (nSPS) is 13.5. The number of nitrogens with one attached hydrogen (secondary N) is 1. The molecule has 0 spiro atoms. The van der Waals surface area contributed by atoms with Crippen molar-refractivity contribution in [2.24, 2.45) is 5.41 Å². The quantitative estimate of drug-likeness (QED) is 0.920. The second kappa shape index (κ2) is 5.86. The molecule has 1 N–H and O–H groups in total. The molecule has 0 atom stereocenters. The highest BCUT2D eigenvalue weighted by atomic mass is 32.2. The van der Waals surface area contributed by atoms with E-state index in [0.29, 0.717) is 4.90 Å². The lowest BCUT2D eigenvalue weighted by molar-refractivity contribution is 0.377. The van der Waals surface area contributed by atoms with Crippen molar-refractivity contribution in [3.63, 3.8) is 0 Å². The molecule has 20 heavy (non-hydrogen) atoms. The van der Waals surface area contributed by atoms with Crippen LogP contribution in [0.2, 0.25) is 0 Å². The third-order valence-electron chi connectivity index (χ3n) is 2.85. The molecular weight excluding hydrogens is 270 g/mol. The summed E-state index contributed by atoms with van der Waals surface area (Å²) in [6.45, 7) is 12.0. The summed E-state index contributed by atoms with van der Waals surface area (Å²) in [4.78, 5) is 0.402. The smallest absolute Gasteiger partial charge is 0.207 e. The molecule has 4 heteroatoms. The summed E-state index contributed by atoms with van der Waals surface area (Å²) in [6.07, 6.45) is 1.72. The Bertz CT molecular complexity index is 549. The maximum absolute atomic E-state index is 12.5. The topological polar surface area (TPSA) is 46.2 Å². The van der Waals surface area contributed by atoms with Crippen LogP contribution in [0.4, 0.5) is 0 Å². The molecule has 0 unspecified atom stereocenters. The van der Waals surface area contributed by atoms with E-state index in [0.717, 1.165) is 18.4 Å². The van der Waals surface area contributed by atoms with Gasteiger partial charge in [0.25, 0.3) is 0 Å². The van der Waals surface area contributed by atoms with Crippen LogP contribution in [-0.2, 0) is 16.4 Å². The SMILES string of the molecule is CC(C)(C)CCc1ccccc1S(=O)(=O)NC(C)(C)C. The number of hydrogen-bond acceptors (Lipinski definition) is 2. The Morgan fingerprint density at radius 1 is 1.00 bits per heavy atom. The molecule has 0 saturated carbocycles. The van der Waals surface area contributed by atoms with Crippen LogP contribution in [0.3, 0.4) is 0 Å². The molecule has 0 aliphatic rings. The van der Waals surface area contributed by atoms with E-state index in [4.69, 9.17) is 0 Å². The van der Waals surface area contributed by atoms with Gasteiger partial charge < -0.3 is 0 Å². The highest BCUT2D eigenvalue weighted by Crippen LogP contribution is 2.25. The number of benzene rings is 1. The number of hydrogen-bond donors (Lipinski definition) is 1. The molecule has 0 fully saturated rings. The second-order valence-corrected chi connectivity index (χ2v) is 9.17. The van der Waals surface area contributed by atoms with Crippen molar-refractivity contribution in [3.05, 3.63) is 29.8 Å². The molecule has 0 aromatic heterocycles. The highest BCUT2D eigenvalue weighted by molar-refractivity contribution is 7.89. The highest BCUT2D eigenvalue weighted by Gasteiger charge is 2.24. The first kappa shape index (κ1) is 17.2. The molecule has 0 heterocycles. The van der Waals surface area contributed by atoms with Crippen LogP contribution >= 0.6 is 0 Å². The predicted octanol–water partition coefficient (Wildman–Crippen LogP) is 3.74. The minimum atomic E-state index is -3.47. The van der Waals surface area contributed by atoms with Crippen molar-refractivity contribution >= 4 is 10.0 Å². The lowest BCUT2D eigenvalue weighted by Crippen LogP contribution is -2.40. The number of rotatable bonds is 4. The van der Waals surface area contributed by atoms with Gasteiger partial charge in [0.1, 0.15) is 0 Å². The third kappa shape index (κ3) is 5.63. The van der Waals surface area contributed by atoms with Gasteiger partial charge in [-0.15, -0.1) is 0 Å². The van der Waals surface area contributed by atoms with E-state index in [9.17, 15) is 8.42 Å². The number of sulfonamides is 1. The van der Waals surface area contributed by atoms with Crippen LogP contribution in [0, 0.1) is 5.41 Å². The summed E-state index contributed by atoms with van der Waals surface area (Å²) in [7, 11) is -3.47. The predicted molar refractivity (Wildman–Crippen MR) is 84.3 cm³/mol. The van der Waals surface area contributed by atoms with Crippen LogP contribution in [0.25, 0.3) is 0 Å². The second-order valence-electron chi connectivity index (χ2n) is 7.52. The van der Waals surface area contributed by atoms with Gasteiger partial charge in [-0.2, -0.15) is 0 Å². The Morgan fingerprint density at radius 3 is 2.05 bits per heavy atom. The van der Waals surface area contributed by atoms with Gasteiger partial charge in [-0.1, -0.05) is 39.0 Å². The van der Waals surface area contributed by atoms with Crippen molar-refractivity contribution in [2.45, 2.75) is 64.8 Å². The van der Waals surface area contributed by atoms with Crippen LogP contribution < -0.4 is 4.72 Å². The van der Waals surface area contributed by atoms with E-state index >= 15 is 0 Å². The van der Waals surface area contributed by atoms with E-state index in [2.05, 4.69) is 25.5 Å². The fourth-order valence-electron chi connectivity index (χ4n) is 1.94. The molecule has 0 amide bonds. The Labute approximate surface area is 123 Å². The maximum Gasteiger partial charge on any atom is 0.241 e. The Morgan fingerprint density at radius 2 is 1.55 bits per heavy atom. The lowest BCUT2D eigenvalue weighted by atomic mass is 9.89. The molecule has 114 valence electrons. The largest absolute Gasteiger partial charge is 0.241 e. The zero-order valence-corrected chi connectivity index (χ0v) is 14.3. The number of aryl methyl sites for hydroxylation is 1. The summed E-state index contributed by atoms with van der Waals surface area (Å²) in [5.41, 5.74) is 0.601. The maximum atomic E-state index is 12.5. The fraction of sp³-hybridized carbons (Fsp3) is 0.625. The summed E-state index contributed by atoms with van der Waals surface area (Å²) in [5, 5.41) is 0. The molecule has 0 radical (unpaired) electrons. The molecule has 0 bridgehead atoms. The Balaban J connectivity index is 3.07. The first-order valence-corrected chi connectivity index (χ1v) is 8.51. The Kier molecular flexibility index (Phi) is 5.03. The van der Waals surface area contributed by atoms with E-state index in [1.807, 2.05) is 32.9 Å². The third-order valence-corrected chi connectivity index (χ3v) is 4.71. The average molecular weight is 297 g/mol. The average Bonchev–Trinajstić information content (AvgIpc) is 2.22. The standard InChI is InChI=1S/C16H27NO2S/c1-15(2,3)12-11-13-9-7-8-10-14(13)20(18,19)17-16(4,5)6/h7-10,17H,11-12H2,1-6H3. The molecule has 0 aliphatic heterocycles. The Hall–Kier alpha value is -0.870. The van der Waals surface area contributed by atoms with Crippen LogP contribution in [0.1, 0.15) is 53.5 Å². The molecule has 1 aromatic rings. The molecule has 0 aliphatic carbocycles. The van der Waals surface area contributed by atoms with Crippen molar-refractivity contribution < 1.29 is 8.42 Å². The molecular formula is C16H27NO2S. The van der Waals surface area contributed by atoms with Gasteiger partial charge in [0.2, 0.25) is 10.0 Å². The molecule has 1 aromatic carbocycles. The molecule has 3 nitrogen and oxygen atoms in total. The van der Waals surface area contributed by atoms with Crippen LogP contribution in [0.5, 0.6) is 0 Å². The van der Waals surface area contributed by atoms with Gasteiger partial charge in [-0.3, -0.25) is 0 Å². The summed E-state index contributed by atoms with van der Waals surface area (Å²) in [6, 6.07) is 7.26. The van der Waals surface area contributed by atoms with Crippen molar-refractivity contribution in [1.29, 1.82) is 0 Å². The summed E-state index contributed by atoms with van der Waals surface area (Å²) in [5.74, 6) is 0. The first-order valence-electron chi connectivity index (χ1n) is 7.03. The van der Waals surface area contributed by atoms with Gasteiger partial charge in [0.05, 0.1) is 4.90 Å². The first-order chi connectivity index (χ1) is 8.91.